The zero-order valence-electron chi connectivity index (χ0n) is 16.5. The molecule has 1 aliphatic heterocycles. The molecule has 7 heteroatoms. The van der Waals surface area contributed by atoms with Crippen molar-refractivity contribution >= 4 is 17.8 Å². The normalized spacial score (nSPS) is 14.2. The molecule has 1 fully saturated rings. The number of hydrogen-bond donors (Lipinski definition) is 1. The predicted octanol–water partition coefficient (Wildman–Crippen LogP) is 2.66. The molecular formula is C22H24N2O5. The molecule has 3 rings (SSSR count). The lowest BCUT2D eigenvalue weighted by molar-refractivity contribution is -0.131. The van der Waals surface area contributed by atoms with Crippen LogP contribution in [-0.2, 0) is 4.79 Å². The zero-order chi connectivity index (χ0) is 20.8. The summed E-state index contributed by atoms with van der Waals surface area (Å²) in [5.74, 6) is 0.379. The van der Waals surface area contributed by atoms with Gasteiger partial charge < -0.3 is 19.7 Å². The van der Waals surface area contributed by atoms with Crippen LogP contribution in [0.2, 0.25) is 0 Å². The predicted molar refractivity (Wildman–Crippen MR) is 107 cm³/mol. The number of likely N-dealkylation sites (tertiary alicyclic amines) is 1. The summed E-state index contributed by atoms with van der Waals surface area (Å²) in [6.45, 7) is 2.41. The monoisotopic (exact) mass is 396 g/mol. The van der Waals surface area contributed by atoms with Gasteiger partial charge in [-0.05, 0) is 55.3 Å². The number of hydrogen-bond acceptors (Lipinski definition) is 5. The number of carbonyl (C=O) groups excluding carboxylic acids is 3. The van der Waals surface area contributed by atoms with Gasteiger partial charge in [0.25, 0.3) is 11.8 Å². The average molecular weight is 396 g/mol. The average Bonchev–Trinajstić information content (AvgIpc) is 2.73. The topological polar surface area (TPSA) is 84.9 Å². The molecular weight excluding hydrogens is 372 g/mol. The lowest BCUT2D eigenvalue weighted by atomic mass is 10.0. The molecule has 0 radical (unpaired) electrons. The number of amides is 2. The molecule has 1 saturated heterocycles. The van der Waals surface area contributed by atoms with Gasteiger partial charge in [-0.3, -0.25) is 14.4 Å². The van der Waals surface area contributed by atoms with Crippen LogP contribution in [0.15, 0.2) is 48.5 Å². The summed E-state index contributed by atoms with van der Waals surface area (Å²) in [5.41, 5.74) is 1.05. The van der Waals surface area contributed by atoms with E-state index in [1.807, 2.05) is 0 Å². The van der Waals surface area contributed by atoms with Crippen LogP contribution in [-0.4, -0.2) is 48.9 Å². The van der Waals surface area contributed by atoms with Gasteiger partial charge in [0.15, 0.2) is 0 Å². The first kappa shape index (κ1) is 20.4. The number of esters is 1. The summed E-state index contributed by atoms with van der Waals surface area (Å²) in [4.78, 5) is 38.0. The minimum atomic E-state index is -0.428. The fraction of sp³-hybridized carbons (Fsp3) is 0.318. The van der Waals surface area contributed by atoms with E-state index in [1.165, 1.54) is 6.92 Å². The van der Waals surface area contributed by atoms with Crippen LogP contribution in [0.25, 0.3) is 0 Å². The second kappa shape index (κ2) is 9.23. The highest BCUT2D eigenvalue weighted by Gasteiger charge is 2.25. The van der Waals surface area contributed by atoms with Crippen LogP contribution in [0.3, 0.4) is 0 Å². The highest BCUT2D eigenvalue weighted by Crippen LogP contribution is 2.19. The maximum absolute atomic E-state index is 12.7. The van der Waals surface area contributed by atoms with Crippen molar-refractivity contribution in [2.45, 2.75) is 25.8 Å². The molecule has 7 nitrogen and oxygen atoms in total. The molecule has 0 aromatic heterocycles. The second-order valence-corrected chi connectivity index (χ2v) is 6.89. The molecule has 2 aromatic carbocycles. The first-order chi connectivity index (χ1) is 14.0. The third-order valence-electron chi connectivity index (χ3n) is 4.81. The van der Waals surface area contributed by atoms with Gasteiger partial charge in [0, 0.05) is 37.2 Å². The Morgan fingerprint density at radius 3 is 2.28 bits per heavy atom. The van der Waals surface area contributed by atoms with E-state index in [4.69, 9.17) is 9.47 Å². The van der Waals surface area contributed by atoms with Crippen LogP contribution in [0.5, 0.6) is 11.5 Å². The van der Waals surface area contributed by atoms with Crippen molar-refractivity contribution in [3.8, 4) is 11.5 Å². The Morgan fingerprint density at radius 1 is 0.966 bits per heavy atom. The van der Waals surface area contributed by atoms with Crippen molar-refractivity contribution in [2.75, 3.05) is 20.2 Å². The van der Waals surface area contributed by atoms with Gasteiger partial charge >= 0.3 is 5.97 Å². The SMILES string of the molecule is COc1ccc(C(=O)NC2CCN(C(=O)c3cccc(OC(C)=O)c3)CC2)cc1. The van der Waals surface area contributed by atoms with Gasteiger partial charge in [0.2, 0.25) is 0 Å². The highest BCUT2D eigenvalue weighted by molar-refractivity contribution is 5.95. The molecule has 0 atom stereocenters. The maximum Gasteiger partial charge on any atom is 0.308 e. The van der Waals surface area contributed by atoms with Gasteiger partial charge in [-0.15, -0.1) is 0 Å². The Hall–Kier alpha value is -3.35. The van der Waals surface area contributed by atoms with Crippen molar-refractivity contribution in [3.05, 3.63) is 59.7 Å². The van der Waals surface area contributed by atoms with Gasteiger partial charge in [-0.25, -0.2) is 0 Å². The van der Waals surface area contributed by atoms with Crippen LogP contribution in [0.4, 0.5) is 0 Å². The van der Waals surface area contributed by atoms with E-state index in [9.17, 15) is 14.4 Å². The van der Waals surface area contributed by atoms with Crippen molar-refractivity contribution in [3.63, 3.8) is 0 Å². The van der Waals surface area contributed by atoms with Gasteiger partial charge in [0.1, 0.15) is 11.5 Å². The molecule has 2 amide bonds. The quantitative estimate of drug-likeness (QED) is 0.620. The Morgan fingerprint density at radius 2 is 1.66 bits per heavy atom. The molecule has 0 bridgehead atoms. The molecule has 1 aliphatic rings. The number of carbonyl (C=O) groups is 3. The molecule has 152 valence electrons. The van der Waals surface area contributed by atoms with E-state index < -0.39 is 5.97 Å². The number of benzene rings is 2. The summed E-state index contributed by atoms with van der Waals surface area (Å²) >= 11 is 0. The van der Waals surface area contributed by atoms with E-state index in [2.05, 4.69) is 5.32 Å². The number of nitrogens with one attached hydrogen (secondary N) is 1. The van der Waals surface area contributed by atoms with Crippen LogP contribution < -0.4 is 14.8 Å². The van der Waals surface area contributed by atoms with Crippen molar-refractivity contribution < 1.29 is 23.9 Å². The van der Waals surface area contributed by atoms with E-state index in [-0.39, 0.29) is 17.9 Å². The summed E-state index contributed by atoms with van der Waals surface area (Å²) < 4.78 is 10.1. The molecule has 0 aliphatic carbocycles. The minimum absolute atomic E-state index is 0.0148. The number of nitrogens with zero attached hydrogens (tertiary/aromatic N) is 1. The molecule has 2 aromatic rings. The number of ether oxygens (including phenoxy) is 2. The third-order valence-corrected chi connectivity index (χ3v) is 4.81. The van der Waals surface area contributed by atoms with Crippen LogP contribution in [0.1, 0.15) is 40.5 Å². The Bertz CT molecular complexity index is 886. The molecule has 1 N–H and O–H groups in total. The molecule has 0 unspecified atom stereocenters. The van der Waals surface area contributed by atoms with Crippen molar-refractivity contribution in [2.24, 2.45) is 0 Å². The van der Waals surface area contributed by atoms with Gasteiger partial charge in [0.05, 0.1) is 7.11 Å². The maximum atomic E-state index is 12.7. The fourth-order valence-corrected chi connectivity index (χ4v) is 3.28. The van der Waals surface area contributed by atoms with Crippen LogP contribution >= 0.6 is 0 Å². The number of rotatable bonds is 5. The van der Waals surface area contributed by atoms with E-state index >= 15 is 0 Å². The summed E-state index contributed by atoms with van der Waals surface area (Å²) in [5, 5.41) is 3.03. The molecule has 0 spiro atoms. The van der Waals surface area contributed by atoms with Gasteiger partial charge in [-0.1, -0.05) is 6.07 Å². The highest BCUT2D eigenvalue weighted by atomic mass is 16.5. The molecule has 1 heterocycles. The van der Waals surface area contributed by atoms with Crippen molar-refractivity contribution in [1.82, 2.24) is 10.2 Å². The lowest BCUT2D eigenvalue weighted by Gasteiger charge is -2.32. The Balaban J connectivity index is 1.53. The van der Waals surface area contributed by atoms with Crippen molar-refractivity contribution in [1.29, 1.82) is 0 Å². The second-order valence-electron chi connectivity index (χ2n) is 6.89. The lowest BCUT2D eigenvalue weighted by Crippen LogP contribution is -2.46. The first-order valence-electron chi connectivity index (χ1n) is 9.49. The Labute approximate surface area is 169 Å². The summed E-state index contributed by atoms with van der Waals surface area (Å²) in [6.07, 6.45) is 1.36. The van der Waals surface area contributed by atoms with E-state index in [0.717, 1.165) is 0 Å². The molecule has 29 heavy (non-hydrogen) atoms. The van der Waals surface area contributed by atoms with E-state index in [0.29, 0.717) is 48.6 Å². The smallest absolute Gasteiger partial charge is 0.308 e. The largest absolute Gasteiger partial charge is 0.497 e. The standard InChI is InChI=1S/C22H24N2O5/c1-15(25)29-20-5-3-4-17(14-20)22(27)24-12-10-18(11-13-24)23-21(26)16-6-8-19(28-2)9-7-16/h3-9,14,18H,10-13H2,1-2H3,(H,23,26). The number of methoxy groups -OCH3 is 1. The number of piperidine rings is 1. The van der Waals surface area contributed by atoms with E-state index in [1.54, 1.807) is 60.5 Å². The summed E-state index contributed by atoms with van der Waals surface area (Å²) in [6, 6.07) is 13.6. The zero-order valence-corrected chi connectivity index (χ0v) is 16.5. The Kier molecular flexibility index (Phi) is 6.49. The van der Waals surface area contributed by atoms with Crippen LogP contribution in [0, 0.1) is 0 Å². The third kappa shape index (κ3) is 5.34. The fourth-order valence-electron chi connectivity index (χ4n) is 3.28. The minimum Gasteiger partial charge on any atom is -0.497 e. The molecule has 0 saturated carbocycles. The summed E-state index contributed by atoms with van der Waals surface area (Å²) in [7, 11) is 1.58. The van der Waals surface area contributed by atoms with Gasteiger partial charge in [-0.2, -0.15) is 0 Å². The first-order valence-corrected chi connectivity index (χ1v) is 9.49.